The van der Waals surface area contributed by atoms with Crippen molar-refractivity contribution in [2.24, 2.45) is 17.8 Å². The molecule has 2 saturated carbocycles. The van der Waals surface area contributed by atoms with Crippen LogP contribution in [0.3, 0.4) is 0 Å². The molecule has 2 aliphatic rings. The van der Waals surface area contributed by atoms with Gasteiger partial charge in [0.05, 0.1) is 0 Å². The topological polar surface area (TPSA) is 102 Å². The number of carbonyl (C=O) groups excluding carboxylic acids is 2. The average Bonchev–Trinajstić information content (AvgIpc) is 3.79. The number of pyridine rings is 2. The highest BCUT2D eigenvalue weighted by atomic mass is 35.5. The van der Waals surface area contributed by atoms with E-state index in [-0.39, 0.29) is 23.8 Å². The van der Waals surface area contributed by atoms with E-state index in [0.717, 1.165) is 48.1 Å². The highest BCUT2D eigenvalue weighted by Crippen LogP contribution is 2.51. The summed E-state index contributed by atoms with van der Waals surface area (Å²) in [6.07, 6.45) is 7.74. The lowest BCUT2D eigenvalue weighted by Gasteiger charge is -2.27. The zero-order chi connectivity index (χ0) is 26.3. The van der Waals surface area contributed by atoms with Gasteiger partial charge >= 0.3 is 0 Å². The van der Waals surface area contributed by atoms with Gasteiger partial charge in [-0.25, -0.2) is 4.98 Å². The minimum Gasteiger partial charge on any atom is -0.339 e. The number of hydrogen-bond acceptors (Lipinski definition) is 5. The van der Waals surface area contributed by atoms with Crippen LogP contribution < -0.4 is 10.6 Å². The summed E-state index contributed by atoms with van der Waals surface area (Å²) in [7, 11) is 0. The van der Waals surface area contributed by atoms with E-state index in [2.05, 4.69) is 25.7 Å². The SMILES string of the molecule is Cc1ccnc(C)c1-c1ccc(NC(=O)C(NC(=O)c2ccnn2C(C)C)C(C2CC2)C2CC2)nc1Cl. The van der Waals surface area contributed by atoms with Crippen molar-refractivity contribution in [3.8, 4) is 11.1 Å². The molecule has 1 atom stereocenters. The van der Waals surface area contributed by atoms with Gasteiger partial charge in [0.15, 0.2) is 0 Å². The molecule has 194 valence electrons. The number of anilines is 1. The molecular formula is C28H33ClN6O2. The molecular weight excluding hydrogens is 488 g/mol. The van der Waals surface area contributed by atoms with Gasteiger partial charge in [0, 0.05) is 35.3 Å². The maximum atomic E-state index is 13.7. The smallest absolute Gasteiger partial charge is 0.270 e. The first kappa shape index (κ1) is 25.4. The molecule has 2 fully saturated rings. The minimum absolute atomic E-state index is 0.0302. The summed E-state index contributed by atoms with van der Waals surface area (Å²) in [6, 6.07) is 6.60. The van der Waals surface area contributed by atoms with Crippen LogP contribution in [0.25, 0.3) is 11.1 Å². The van der Waals surface area contributed by atoms with Gasteiger partial charge in [-0.1, -0.05) is 11.6 Å². The van der Waals surface area contributed by atoms with E-state index in [1.165, 1.54) is 0 Å². The first-order valence-electron chi connectivity index (χ1n) is 13.0. The zero-order valence-electron chi connectivity index (χ0n) is 21.7. The van der Waals surface area contributed by atoms with Crippen molar-refractivity contribution in [3.63, 3.8) is 0 Å². The number of carbonyl (C=O) groups is 2. The number of aryl methyl sites for hydroxylation is 2. The maximum Gasteiger partial charge on any atom is 0.270 e. The van der Waals surface area contributed by atoms with Crippen LogP contribution in [0.1, 0.15) is 67.3 Å². The fourth-order valence-corrected chi connectivity index (χ4v) is 5.59. The van der Waals surface area contributed by atoms with Crippen molar-refractivity contribution >= 4 is 29.2 Å². The molecule has 3 aromatic heterocycles. The van der Waals surface area contributed by atoms with Crippen molar-refractivity contribution in [1.29, 1.82) is 0 Å². The van der Waals surface area contributed by atoms with Crippen LogP contribution in [0.15, 0.2) is 36.7 Å². The van der Waals surface area contributed by atoms with Gasteiger partial charge in [-0.15, -0.1) is 0 Å². The molecule has 0 radical (unpaired) electrons. The van der Waals surface area contributed by atoms with Crippen LogP contribution in [0.2, 0.25) is 5.15 Å². The third kappa shape index (κ3) is 5.39. The van der Waals surface area contributed by atoms with Crippen molar-refractivity contribution < 1.29 is 9.59 Å². The fraction of sp³-hybridized carbons (Fsp3) is 0.464. The van der Waals surface area contributed by atoms with Gasteiger partial charge in [0.2, 0.25) is 5.91 Å². The van der Waals surface area contributed by atoms with Crippen LogP contribution in [-0.2, 0) is 4.79 Å². The molecule has 0 bridgehead atoms. The number of amides is 2. The standard InChI is InChI=1S/C28H33ClN6O2/c1-15(2)35-21(12-14-31-35)27(36)34-25(24(18-5-6-18)19-7-8-19)28(37)33-22-10-9-20(26(29)32-22)23-16(3)11-13-30-17(23)4/h9-15,18-19,24-25H,5-8H2,1-4H3,(H,34,36)(H,32,33,37). The van der Waals surface area contributed by atoms with Crippen LogP contribution >= 0.6 is 11.6 Å². The second-order valence-electron chi connectivity index (χ2n) is 10.6. The first-order chi connectivity index (χ1) is 17.7. The summed E-state index contributed by atoms with van der Waals surface area (Å²) < 4.78 is 1.68. The normalized spacial score (nSPS) is 16.2. The molecule has 8 nitrogen and oxygen atoms in total. The van der Waals surface area contributed by atoms with E-state index < -0.39 is 6.04 Å². The molecule has 0 aliphatic heterocycles. The molecule has 37 heavy (non-hydrogen) atoms. The molecule has 1 unspecified atom stereocenters. The van der Waals surface area contributed by atoms with Crippen LogP contribution in [0, 0.1) is 31.6 Å². The van der Waals surface area contributed by atoms with E-state index >= 15 is 0 Å². The minimum atomic E-state index is -0.661. The van der Waals surface area contributed by atoms with E-state index in [1.807, 2.05) is 39.8 Å². The number of nitrogens with zero attached hydrogens (tertiary/aromatic N) is 4. The molecule has 2 amide bonds. The summed E-state index contributed by atoms with van der Waals surface area (Å²) in [4.78, 5) is 35.8. The summed E-state index contributed by atoms with van der Waals surface area (Å²) >= 11 is 6.58. The van der Waals surface area contributed by atoms with E-state index in [9.17, 15) is 9.59 Å². The van der Waals surface area contributed by atoms with E-state index in [4.69, 9.17) is 11.6 Å². The number of nitrogens with one attached hydrogen (secondary N) is 2. The monoisotopic (exact) mass is 520 g/mol. The van der Waals surface area contributed by atoms with Gasteiger partial charge in [0.1, 0.15) is 22.7 Å². The van der Waals surface area contributed by atoms with Gasteiger partial charge in [-0.2, -0.15) is 5.10 Å². The van der Waals surface area contributed by atoms with Gasteiger partial charge in [-0.05, 0) is 101 Å². The van der Waals surface area contributed by atoms with Crippen LogP contribution in [0.5, 0.6) is 0 Å². The zero-order valence-corrected chi connectivity index (χ0v) is 22.4. The van der Waals surface area contributed by atoms with Crippen molar-refractivity contribution in [2.75, 3.05) is 5.32 Å². The second kappa shape index (κ2) is 10.2. The van der Waals surface area contributed by atoms with Crippen molar-refractivity contribution in [2.45, 2.75) is 65.5 Å². The Bertz CT molecular complexity index is 1300. The van der Waals surface area contributed by atoms with Gasteiger partial charge in [-0.3, -0.25) is 19.3 Å². The third-order valence-corrected chi connectivity index (χ3v) is 7.69. The Kier molecular flexibility index (Phi) is 7.03. The Morgan fingerprint density at radius 2 is 1.73 bits per heavy atom. The molecule has 0 aromatic carbocycles. The maximum absolute atomic E-state index is 13.7. The van der Waals surface area contributed by atoms with E-state index in [1.54, 1.807) is 29.2 Å². The van der Waals surface area contributed by atoms with Crippen molar-refractivity contribution in [1.82, 2.24) is 25.1 Å². The Morgan fingerprint density at radius 1 is 1.03 bits per heavy atom. The predicted molar refractivity (Wildman–Crippen MR) is 143 cm³/mol. The predicted octanol–water partition coefficient (Wildman–Crippen LogP) is 5.36. The third-order valence-electron chi connectivity index (χ3n) is 7.40. The van der Waals surface area contributed by atoms with Crippen molar-refractivity contribution in [3.05, 3.63) is 58.8 Å². The quantitative estimate of drug-likeness (QED) is 0.369. The first-order valence-corrected chi connectivity index (χ1v) is 13.4. The Hall–Kier alpha value is -3.26. The molecule has 3 heterocycles. The molecule has 9 heteroatoms. The number of aromatic nitrogens is 4. The second-order valence-corrected chi connectivity index (χ2v) is 10.9. The Morgan fingerprint density at radius 3 is 2.32 bits per heavy atom. The molecule has 5 rings (SSSR count). The van der Waals surface area contributed by atoms with Crippen LogP contribution in [0.4, 0.5) is 5.82 Å². The van der Waals surface area contributed by atoms with E-state index in [0.29, 0.717) is 28.5 Å². The number of halogens is 1. The lowest BCUT2D eigenvalue weighted by Crippen LogP contribution is -2.50. The van der Waals surface area contributed by atoms with Gasteiger partial charge in [0.25, 0.3) is 5.91 Å². The molecule has 2 aliphatic carbocycles. The molecule has 2 N–H and O–H groups in total. The lowest BCUT2D eigenvalue weighted by atomic mass is 9.88. The molecule has 0 spiro atoms. The van der Waals surface area contributed by atoms with Gasteiger partial charge < -0.3 is 10.6 Å². The summed E-state index contributed by atoms with van der Waals surface area (Å²) in [5.41, 5.74) is 4.07. The summed E-state index contributed by atoms with van der Waals surface area (Å²) in [5.74, 6) is 0.812. The Labute approximate surface area is 222 Å². The summed E-state index contributed by atoms with van der Waals surface area (Å²) in [5, 5.41) is 10.6. The Balaban J connectivity index is 1.39. The number of rotatable bonds is 9. The summed E-state index contributed by atoms with van der Waals surface area (Å²) in [6.45, 7) is 7.88. The molecule has 3 aromatic rings. The highest BCUT2D eigenvalue weighted by Gasteiger charge is 2.48. The van der Waals surface area contributed by atoms with Crippen LogP contribution in [-0.4, -0.2) is 37.6 Å². The fourth-order valence-electron chi connectivity index (χ4n) is 5.34. The number of hydrogen-bond donors (Lipinski definition) is 2. The highest BCUT2D eigenvalue weighted by molar-refractivity contribution is 6.32. The molecule has 0 saturated heterocycles. The largest absolute Gasteiger partial charge is 0.339 e. The lowest BCUT2D eigenvalue weighted by molar-refractivity contribution is -0.119. The average molecular weight is 521 g/mol.